The van der Waals surface area contributed by atoms with Gasteiger partial charge in [-0.15, -0.1) is 11.8 Å². The predicted octanol–water partition coefficient (Wildman–Crippen LogP) is 1.56. The number of hydrogen-bond donors (Lipinski definition) is 1. The van der Waals surface area contributed by atoms with E-state index in [1.807, 2.05) is 18.2 Å². The third-order valence-corrected chi connectivity index (χ3v) is 6.42. The second-order valence-corrected chi connectivity index (χ2v) is 8.28. The van der Waals surface area contributed by atoms with Crippen LogP contribution in [0.5, 0.6) is 0 Å². The Balaban J connectivity index is 1.50. The SMILES string of the molecule is N#C[C@@H]1CSCN1C(=O)CNC(=O)c1ccnc2ccc(N3CCC(=O)CC3)cc12. The van der Waals surface area contributed by atoms with Crippen molar-refractivity contribution in [1.29, 1.82) is 5.26 Å². The molecule has 0 unspecified atom stereocenters. The second kappa shape index (κ2) is 8.71. The molecule has 2 aliphatic heterocycles. The first kappa shape index (κ1) is 20.2. The first-order chi connectivity index (χ1) is 14.6. The fourth-order valence-electron chi connectivity index (χ4n) is 3.69. The van der Waals surface area contributed by atoms with Gasteiger partial charge in [-0.2, -0.15) is 5.26 Å². The van der Waals surface area contributed by atoms with E-state index in [0.717, 1.165) is 5.69 Å². The second-order valence-electron chi connectivity index (χ2n) is 7.28. The summed E-state index contributed by atoms with van der Waals surface area (Å²) >= 11 is 1.53. The number of piperidine rings is 1. The molecule has 4 rings (SSSR count). The normalized spacial score (nSPS) is 19.0. The number of fused-ring (bicyclic) bond motifs is 1. The first-order valence-electron chi connectivity index (χ1n) is 9.77. The van der Waals surface area contributed by atoms with Crippen LogP contribution in [0, 0.1) is 11.3 Å². The molecule has 1 aromatic heterocycles. The molecule has 2 amide bonds. The minimum absolute atomic E-state index is 0.157. The molecule has 0 bridgehead atoms. The van der Waals surface area contributed by atoms with Crippen molar-refractivity contribution in [2.75, 3.05) is 36.2 Å². The van der Waals surface area contributed by atoms with E-state index in [0.29, 0.717) is 54.0 Å². The van der Waals surface area contributed by atoms with Crippen molar-refractivity contribution in [3.63, 3.8) is 0 Å². The van der Waals surface area contributed by atoms with Gasteiger partial charge >= 0.3 is 0 Å². The molecule has 0 radical (unpaired) electrons. The first-order valence-corrected chi connectivity index (χ1v) is 10.9. The van der Waals surface area contributed by atoms with Gasteiger partial charge in [0.15, 0.2) is 0 Å². The number of nitrogens with one attached hydrogen (secondary N) is 1. The molecule has 30 heavy (non-hydrogen) atoms. The highest BCUT2D eigenvalue weighted by Crippen LogP contribution is 2.26. The largest absolute Gasteiger partial charge is 0.371 e. The minimum Gasteiger partial charge on any atom is -0.371 e. The van der Waals surface area contributed by atoms with Gasteiger partial charge in [-0.3, -0.25) is 19.4 Å². The van der Waals surface area contributed by atoms with Crippen LogP contribution in [-0.2, 0) is 9.59 Å². The van der Waals surface area contributed by atoms with Crippen molar-refractivity contribution >= 4 is 45.9 Å². The van der Waals surface area contributed by atoms with E-state index in [1.165, 1.54) is 16.7 Å². The van der Waals surface area contributed by atoms with Gasteiger partial charge in [0.05, 0.1) is 29.6 Å². The van der Waals surface area contributed by atoms with Gasteiger partial charge in [0.2, 0.25) is 5.91 Å². The average Bonchev–Trinajstić information content (AvgIpc) is 3.26. The molecule has 1 atom stereocenters. The Hall–Kier alpha value is -3.12. The summed E-state index contributed by atoms with van der Waals surface area (Å²) in [5.41, 5.74) is 2.07. The van der Waals surface area contributed by atoms with Crippen LogP contribution in [0.4, 0.5) is 5.69 Å². The van der Waals surface area contributed by atoms with E-state index < -0.39 is 6.04 Å². The molecule has 2 aliphatic rings. The smallest absolute Gasteiger partial charge is 0.252 e. The number of nitriles is 1. The van der Waals surface area contributed by atoms with Crippen molar-refractivity contribution in [1.82, 2.24) is 15.2 Å². The van der Waals surface area contributed by atoms with Gasteiger partial charge in [0.25, 0.3) is 5.91 Å². The van der Waals surface area contributed by atoms with Crippen LogP contribution in [0.25, 0.3) is 10.9 Å². The predicted molar refractivity (Wildman–Crippen MR) is 114 cm³/mol. The Morgan fingerprint density at radius 3 is 2.83 bits per heavy atom. The zero-order chi connectivity index (χ0) is 21.1. The van der Waals surface area contributed by atoms with E-state index >= 15 is 0 Å². The van der Waals surface area contributed by atoms with Crippen LogP contribution in [-0.4, -0.2) is 64.8 Å². The van der Waals surface area contributed by atoms with Crippen molar-refractivity contribution in [3.05, 3.63) is 36.0 Å². The van der Waals surface area contributed by atoms with Crippen LogP contribution in [0.1, 0.15) is 23.2 Å². The number of thioether (sulfide) groups is 1. The molecule has 2 aromatic rings. The zero-order valence-electron chi connectivity index (χ0n) is 16.3. The number of nitrogens with zero attached hydrogens (tertiary/aromatic N) is 4. The summed E-state index contributed by atoms with van der Waals surface area (Å²) in [6.45, 7) is 1.17. The lowest BCUT2D eigenvalue weighted by Gasteiger charge is -2.28. The van der Waals surface area contributed by atoms with Gasteiger partial charge in [-0.1, -0.05) is 0 Å². The number of Topliss-reactive ketones (excluding diaryl/α,β-unsaturated/α-hetero) is 1. The molecule has 0 spiro atoms. The summed E-state index contributed by atoms with van der Waals surface area (Å²) < 4.78 is 0. The van der Waals surface area contributed by atoms with E-state index in [4.69, 9.17) is 5.26 Å². The van der Waals surface area contributed by atoms with E-state index in [1.54, 1.807) is 12.3 Å². The van der Waals surface area contributed by atoms with Gasteiger partial charge in [-0.05, 0) is 24.3 Å². The van der Waals surface area contributed by atoms with Crippen LogP contribution in [0.3, 0.4) is 0 Å². The summed E-state index contributed by atoms with van der Waals surface area (Å²) in [4.78, 5) is 44.7. The fourth-order valence-corrected chi connectivity index (χ4v) is 4.80. The van der Waals surface area contributed by atoms with E-state index in [2.05, 4.69) is 21.3 Å². The number of aromatic nitrogens is 1. The Bertz CT molecular complexity index is 1040. The Morgan fingerprint density at radius 1 is 1.27 bits per heavy atom. The Labute approximate surface area is 178 Å². The number of amides is 2. The molecular weight excluding hydrogens is 402 g/mol. The molecule has 9 heteroatoms. The van der Waals surface area contributed by atoms with Crippen molar-refractivity contribution in [2.45, 2.75) is 18.9 Å². The molecule has 3 heterocycles. The van der Waals surface area contributed by atoms with E-state index in [9.17, 15) is 14.4 Å². The van der Waals surface area contributed by atoms with Crippen LogP contribution >= 0.6 is 11.8 Å². The van der Waals surface area contributed by atoms with Crippen LogP contribution in [0.2, 0.25) is 0 Å². The molecule has 0 saturated carbocycles. The highest BCUT2D eigenvalue weighted by Gasteiger charge is 2.29. The highest BCUT2D eigenvalue weighted by molar-refractivity contribution is 7.99. The summed E-state index contributed by atoms with van der Waals surface area (Å²) in [5, 5.41) is 12.5. The molecule has 2 fully saturated rings. The molecule has 154 valence electrons. The molecule has 0 aliphatic carbocycles. The summed E-state index contributed by atoms with van der Waals surface area (Å²) in [7, 11) is 0. The summed E-state index contributed by atoms with van der Waals surface area (Å²) in [6, 6.07) is 9.03. The number of pyridine rings is 1. The van der Waals surface area contributed by atoms with E-state index in [-0.39, 0.29) is 24.1 Å². The topological polar surface area (TPSA) is 106 Å². The average molecular weight is 423 g/mol. The molecule has 1 aromatic carbocycles. The quantitative estimate of drug-likeness (QED) is 0.795. The third kappa shape index (κ3) is 4.09. The number of ketones is 1. The van der Waals surface area contributed by atoms with Crippen LogP contribution < -0.4 is 10.2 Å². The Kier molecular flexibility index (Phi) is 5.86. The zero-order valence-corrected chi connectivity index (χ0v) is 17.2. The lowest BCUT2D eigenvalue weighted by atomic mass is 10.0. The highest BCUT2D eigenvalue weighted by atomic mass is 32.2. The van der Waals surface area contributed by atoms with Gasteiger partial charge in [0, 0.05) is 49.0 Å². The van der Waals surface area contributed by atoms with Crippen LogP contribution in [0.15, 0.2) is 30.5 Å². The molecule has 2 saturated heterocycles. The van der Waals surface area contributed by atoms with Gasteiger partial charge < -0.3 is 15.1 Å². The number of benzene rings is 1. The molecular formula is C21H21N5O3S. The lowest BCUT2D eigenvalue weighted by molar-refractivity contribution is -0.129. The third-order valence-electron chi connectivity index (χ3n) is 5.41. The summed E-state index contributed by atoms with van der Waals surface area (Å²) in [6.07, 6.45) is 2.62. The van der Waals surface area contributed by atoms with Gasteiger partial charge in [-0.25, -0.2) is 0 Å². The lowest BCUT2D eigenvalue weighted by Crippen LogP contribution is -2.42. The molecule has 1 N–H and O–H groups in total. The fraction of sp³-hybridized carbons (Fsp3) is 0.381. The maximum atomic E-state index is 12.8. The Morgan fingerprint density at radius 2 is 2.07 bits per heavy atom. The van der Waals surface area contributed by atoms with Crippen molar-refractivity contribution in [3.8, 4) is 6.07 Å². The maximum absolute atomic E-state index is 12.8. The number of rotatable bonds is 4. The number of anilines is 1. The number of hydrogen-bond acceptors (Lipinski definition) is 7. The standard InChI is InChI=1S/C21H21N5O3S/c22-10-15-12-30-13-26(15)20(28)11-24-21(29)17-3-6-23-19-2-1-14(9-18(17)19)25-7-4-16(27)5-8-25/h1-3,6,9,15H,4-5,7-8,11-13H2,(H,24,29)/t15-/m1/s1. The number of carbonyl (C=O) groups excluding carboxylic acids is 3. The van der Waals surface area contributed by atoms with Gasteiger partial charge in [0.1, 0.15) is 11.8 Å². The molecule has 8 nitrogen and oxygen atoms in total. The monoisotopic (exact) mass is 423 g/mol. The maximum Gasteiger partial charge on any atom is 0.252 e. The van der Waals surface area contributed by atoms with Crippen molar-refractivity contribution in [2.24, 2.45) is 0 Å². The summed E-state index contributed by atoms with van der Waals surface area (Å²) in [5.74, 6) is 0.704. The number of carbonyl (C=O) groups is 3. The van der Waals surface area contributed by atoms with Crippen molar-refractivity contribution < 1.29 is 14.4 Å². The minimum atomic E-state index is -0.444.